The van der Waals surface area contributed by atoms with Crippen LogP contribution in [0.1, 0.15) is 6.92 Å². The number of likely N-dealkylation sites (N-methyl/N-ethyl adjacent to an activating group) is 1. The Kier molecular flexibility index (Phi) is 6.43. The minimum absolute atomic E-state index is 0.0957. The van der Waals surface area contributed by atoms with E-state index >= 15 is 0 Å². The van der Waals surface area contributed by atoms with E-state index < -0.39 is 6.04 Å². The molecule has 2 N–H and O–H groups in total. The van der Waals surface area contributed by atoms with Crippen LogP contribution in [0.2, 0.25) is 0 Å². The fourth-order valence-electron chi connectivity index (χ4n) is 2.72. The molecular formula is C20H23N3O4S. The maximum absolute atomic E-state index is 12.5. The van der Waals surface area contributed by atoms with Crippen LogP contribution in [0.4, 0.5) is 11.4 Å². The Morgan fingerprint density at radius 1 is 1.14 bits per heavy atom. The number of para-hydroxylation sites is 1. The number of thioether (sulfide) groups is 1. The Balaban J connectivity index is 1.55. The topological polar surface area (TPSA) is 79.9 Å². The highest BCUT2D eigenvalue weighted by Gasteiger charge is 2.21. The normalized spacial score (nSPS) is 13.3. The lowest BCUT2D eigenvalue weighted by Gasteiger charge is -2.23. The molecule has 0 saturated heterocycles. The second kappa shape index (κ2) is 8.99. The van der Waals surface area contributed by atoms with Gasteiger partial charge >= 0.3 is 0 Å². The molecule has 0 bridgehead atoms. The molecule has 0 aromatic heterocycles. The number of nitrogens with one attached hydrogen (secondary N) is 2. The van der Waals surface area contributed by atoms with Crippen molar-refractivity contribution in [2.75, 3.05) is 37.3 Å². The first-order valence-corrected chi connectivity index (χ1v) is 10.0. The predicted octanol–water partition coefficient (Wildman–Crippen LogP) is 3.03. The third-order valence-electron chi connectivity index (χ3n) is 4.45. The molecule has 1 aliphatic rings. The van der Waals surface area contributed by atoms with E-state index in [0.717, 1.165) is 10.6 Å². The lowest BCUT2D eigenvalue weighted by atomic mass is 10.2. The number of hydrogen-bond acceptors (Lipinski definition) is 6. The van der Waals surface area contributed by atoms with Gasteiger partial charge in [0.1, 0.15) is 0 Å². The van der Waals surface area contributed by atoms with Crippen molar-refractivity contribution in [3.8, 4) is 11.5 Å². The summed E-state index contributed by atoms with van der Waals surface area (Å²) < 4.78 is 10.6. The summed E-state index contributed by atoms with van der Waals surface area (Å²) in [6.07, 6.45) is 1.96. The van der Waals surface area contributed by atoms with E-state index in [0.29, 0.717) is 17.2 Å². The number of carbonyl (C=O) groups excluding carboxylic acids is 2. The van der Waals surface area contributed by atoms with Gasteiger partial charge in [-0.1, -0.05) is 12.1 Å². The molecule has 3 rings (SSSR count). The van der Waals surface area contributed by atoms with Crippen LogP contribution in [0.5, 0.6) is 11.5 Å². The lowest BCUT2D eigenvalue weighted by Crippen LogP contribution is -2.43. The number of ether oxygens (including phenoxy) is 2. The molecule has 1 heterocycles. The Labute approximate surface area is 168 Å². The van der Waals surface area contributed by atoms with Crippen LogP contribution >= 0.6 is 11.8 Å². The average Bonchev–Trinajstić information content (AvgIpc) is 3.15. The van der Waals surface area contributed by atoms with E-state index in [1.807, 2.05) is 30.5 Å². The summed E-state index contributed by atoms with van der Waals surface area (Å²) in [4.78, 5) is 27.6. The van der Waals surface area contributed by atoms with Crippen molar-refractivity contribution in [3.05, 3.63) is 42.5 Å². The Morgan fingerprint density at radius 3 is 2.68 bits per heavy atom. The van der Waals surface area contributed by atoms with Crippen molar-refractivity contribution in [2.24, 2.45) is 0 Å². The molecule has 0 saturated carbocycles. The second-order valence-corrected chi connectivity index (χ2v) is 7.24. The van der Waals surface area contributed by atoms with Gasteiger partial charge < -0.3 is 20.1 Å². The predicted molar refractivity (Wildman–Crippen MR) is 110 cm³/mol. The smallest absolute Gasteiger partial charge is 0.241 e. The van der Waals surface area contributed by atoms with Gasteiger partial charge in [0.15, 0.2) is 11.5 Å². The van der Waals surface area contributed by atoms with E-state index in [1.165, 1.54) is 0 Å². The minimum Gasteiger partial charge on any atom is -0.454 e. The zero-order valence-corrected chi connectivity index (χ0v) is 16.8. The summed E-state index contributed by atoms with van der Waals surface area (Å²) in [5.74, 6) is 0.876. The molecular weight excluding hydrogens is 378 g/mol. The highest BCUT2D eigenvalue weighted by atomic mass is 32.2. The molecule has 2 aromatic carbocycles. The molecule has 0 fully saturated rings. The number of carbonyl (C=O) groups is 2. The van der Waals surface area contributed by atoms with Crippen molar-refractivity contribution in [2.45, 2.75) is 17.9 Å². The zero-order chi connectivity index (χ0) is 20.1. The minimum atomic E-state index is -0.494. The molecule has 0 aliphatic carbocycles. The van der Waals surface area contributed by atoms with Crippen LogP contribution in [-0.2, 0) is 9.59 Å². The summed E-state index contributed by atoms with van der Waals surface area (Å²) >= 11 is 1.57. The molecule has 148 valence electrons. The zero-order valence-electron chi connectivity index (χ0n) is 16.0. The summed E-state index contributed by atoms with van der Waals surface area (Å²) in [6.45, 7) is 2.03. The van der Waals surface area contributed by atoms with Crippen LogP contribution < -0.4 is 20.1 Å². The van der Waals surface area contributed by atoms with Gasteiger partial charge in [0.05, 0.1) is 18.3 Å². The molecule has 7 nitrogen and oxygen atoms in total. The van der Waals surface area contributed by atoms with Crippen LogP contribution in [-0.4, -0.2) is 49.4 Å². The Morgan fingerprint density at radius 2 is 1.89 bits per heavy atom. The largest absolute Gasteiger partial charge is 0.454 e. The fraction of sp³-hybridized carbons (Fsp3) is 0.300. The van der Waals surface area contributed by atoms with Crippen LogP contribution in [0, 0.1) is 0 Å². The van der Waals surface area contributed by atoms with E-state index in [1.54, 1.807) is 48.8 Å². The number of fused-ring (bicyclic) bond motifs is 1. The van der Waals surface area contributed by atoms with Gasteiger partial charge in [-0.2, -0.15) is 0 Å². The van der Waals surface area contributed by atoms with Gasteiger partial charge in [-0.15, -0.1) is 11.8 Å². The van der Waals surface area contributed by atoms with Crippen LogP contribution in [0.25, 0.3) is 0 Å². The number of nitrogens with zero attached hydrogens (tertiary/aromatic N) is 1. The van der Waals surface area contributed by atoms with E-state index in [-0.39, 0.29) is 25.2 Å². The van der Waals surface area contributed by atoms with Gasteiger partial charge in [-0.05, 0) is 44.5 Å². The molecule has 2 amide bonds. The first-order chi connectivity index (χ1) is 13.5. The maximum Gasteiger partial charge on any atom is 0.241 e. The van der Waals surface area contributed by atoms with Crippen LogP contribution in [0.15, 0.2) is 47.4 Å². The molecule has 2 aromatic rings. The second-order valence-electron chi connectivity index (χ2n) is 6.40. The number of rotatable bonds is 7. The van der Waals surface area contributed by atoms with Gasteiger partial charge in [-0.3, -0.25) is 14.5 Å². The van der Waals surface area contributed by atoms with E-state index in [9.17, 15) is 9.59 Å². The fourth-order valence-corrected chi connectivity index (χ4v) is 3.28. The van der Waals surface area contributed by atoms with Crippen molar-refractivity contribution >= 4 is 35.0 Å². The molecule has 0 spiro atoms. The summed E-state index contributed by atoms with van der Waals surface area (Å²) in [5, 5.41) is 5.74. The van der Waals surface area contributed by atoms with Gasteiger partial charge in [0, 0.05) is 16.6 Å². The molecule has 8 heteroatoms. The van der Waals surface area contributed by atoms with Gasteiger partial charge in [0.2, 0.25) is 18.6 Å². The molecule has 0 unspecified atom stereocenters. The third kappa shape index (κ3) is 4.76. The monoisotopic (exact) mass is 401 g/mol. The molecule has 28 heavy (non-hydrogen) atoms. The standard InChI is InChI=1S/C20H23N3O4S/c1-13(20(25)21-14-8-9-16-17(10-14)27-12-26-16)23(2)11-19(24)22-15-6-4-5-7-18(15)28-3/h4-10,13H,11-12H2,1-3H3,(H,21,25)(H,22,24)/t13-/m0/s1. The van der Waals surface area contributed by atoms with Crippen molar-refractivity contribution in [3.63, 3.8) is 0 Å². The quantitative estimate of drug-likeness (QED) is 0.695. The third-order valence-corrected chi connectivity index (χ3v) is 5.25. The van der Waals surface area contributed by atoms with Gasteiger partial charge in [0.25, 0.3) is 0 Å². The summed E-state index contributed by atoms with van der Waals surface area (Å²) in [6, 6.07) is 12.3. The first kappa shape index (κ1) is 20.0. The number of hydrogen-bond donors (Lipinski definition) is 2. The number of amides is 2. The van der Waals surface area contributed by atoms with Crippen molar-refractivity contribution in [1.82, 2.24) is 4.90 Å². The summed E-state index contributed by atoms with van der Waals surface area (Å²) in [7, 11) is 1.74. The van der Waals surface area contributed by atoms with E-state index in [2.05, 4.69) is 10.6 Å². The average molecular weight is 401 g/mol. The highest BCUT2D eigenvalue weighted by molar-refractivity contribution is 7.98. The molecule has 0 radical (unpaired) electrons. The van der Waals surface area contributed by atoms with Gasteiger partial charge in [-0.25, -0.2) is 0 Å². The maximum atomic E-state index is 12.5. The van der Waals surface area contributed by atoms with Crippen molar-refractivity contribution in [1.29, 1.82) is 0 Å². The molecule has 1 atom stereocenters. The highest BCUT2D eigenvalue weighted by Crippen LogP contribution is 2.34. The lowest BCUT2D eigenvalue weighted by molar-refractivity contribution is -0.122. The van der Waals surface area contributed by atoms with Crippen molar-refractivity contribution < 1.29 is 19.1 Å². The SMILES string of the molecule is CSc1ccccc1NC(=O)CN(C)[C@@H](C)C(=O)Nc1ccc2c(c1)OCO2. The Bertz CT molecular complexity index is 874. The molecule has 1 aliphatic heterocycles. The van der Waals surface area contributed by atoms with Crippen LogP contribution in [0.3, 0.4) is 0 Å². The number of benzene rings is 2. The van der Waals surface area contributed by atoms with E-state index in [4.69, 9.17) is 9.47 Å². The Hall–Kier alpha value is -2.71. The first-order valence-electron chi connectivity index (χ1n) is 8.81. The number of anilines is 2. The summed E-state index contributed by atoms with van der Waals surface area (Å²) in [5.41, 5.74) is 1.39.